The molecule has 0 bridgehead atoms. The highest BCUT2D eigenvalue weighted by molar-refractivity contribution is 6.46. The number of para-hydroxylation sites is 2. The lowest BCUT2D eigenvalue weighted by Crippen LogP contribution is -2.33. The van der Waals surface area contributed by atoms with E-state index in [0.29, 0.717) is 11.0 Å². The summed E-state index contributed by atoms with van der Waals surface area (Å²) >= 11 is -2.41. The van der Waals surface area contributed by atoms with Crippen molar-refractivity contribution >= 4 is 53.6 Å². The van der Waals surface area contributed by atoms with Crippen LogP contribution in [0.3, 0.4) is 0 Å². The molecule has 0 aliphatic rings. The van der Waals surface area contributed by atoms with Gasteiger partial charge in [-0.25, -0.2) is 0 Å². The fourth-order valence-electron chi connectivity index (χ4n) is 4.52. The second kappa shape index (κ2) is 10.8. The lowest BCUT2D eigenvalue weighted by Gasteiger charge is -2.19. The Morgan fingerprint density at radius 1 is 0.649 bits per heavy atom. The van der Waals surface area contributed by atoms with Crippen LogP contribution in [0, 0.1) is 0 Å². The van der Waals surface area contributed by atoms with E-state index in [-0.39, 0.29) is 5.48 Å². The molecule has 6 aromatic rings. The highest BCUT2D eigenvalue weighted by Crippen LogP contribution is 2.30. The molecule has 2 N–H and O–H groups in total. The summed E-state index contributed by atoms with van der Waals surface area (Å²) < 4.78 is 13.4. The van der Waals surface area contributed by atoms with E-state index in [4.69, 9.17) is 7.58 Å². The standard InChI is InChI=1S/C11H9NO.C10H8N.C9H7NO.Al.H2O/c1-2-8-5-6-10(13)11-9(8)4-3-7-12-11;1-8-4-2-5-9-6-3-7-11-10(8)9;11-8-5-1-3-7-4-2-6-10-9(7)8;;/h2-7,13H,1H2;2-7H,1H2;1-6,11H;;1H2/q;;;+2;/p-2. The summed E-state index contributed by atoms with van der Waals surface area (Å²) in [5, 5.41) is 3.74. The number of hydrogen-bond acceptors (Lipinski definition) is 5. The Morgan fingerprint density at radius 3 is 2.00 bits per heavy atom. The van der Waals surface area contributed by atoms with E-state index >= 15 is 0 Å². The van der Waals surface area contributed by atoms with Gasteiger partial charge >= 0.3 is 14.8 Å². The lowest BCUT2D eigenvalue weighted by atomic mass is 10.1. The molecule has 0 unspecified atom stereocenters. The zero-order valence-corrected chi connectivity index (χ0v) is 21.2. The Kier molecular flexibility index (Phi) is 7.11. The van der Waals surface area contributed by atoms with Gasteiger partial charge in [0.2, 0.25) is 0 Å². The summed E-state index contributed by atoms with van der Waals surface area (Å²) in [7, 11) is 0. The summed E-state index contributed by atoms with van der Waals surface area (Å²) in [6, 6.07) is 28.1. The van der Waals surface area contributed by atoms with E-state index in [2.05, 4.69) is 45.8 Å². The predicted octanol–water partition coefficient (Wildman–Crippen LogP) is 5.88. The van der Waals surface area contributed by atoms with E-state index in [1.807, 2.05) is 72.9 Å². The fourth-order valence-corrected chi connectivity index (χ4v) is 6.37. The molecular weight excluding hydrogens is 477 g/mol. The molecular formula is C30H24AlN3O3. The van der Waals surface area contributed by atoms with Crippen molar-refractivity contribution in [2.75, 3.05) is 0 Å². The molecule has 0 spiro atoms. The van der Waals surface area contributed by atoms with Crippen LogP contribution < -0.4 is 7.58 Å². The number of hydrogen-bond donors (Lipinski definition) is 0. The van der Waals surface area contributed by atoms with Crippen molar-refractivity contribution in [3.63, 3.8) is 0 Å². The van der Waals surface area contributed by atoms with Crippen LogP contribution in [0.15, 0.2) is 110 Å². The van der Waals surface area contributed by atoms with Gasteiger partial charge in [-0.3, -0.25) is 15.0 Å². The van der Waals surface area contributed by atoms with Crippen molar-refractivity contribution in [1.29, 1.82) is 0 Å². The average Bonchev–Trinajstić information content (AvgIpc) is 2.93. The minimum Gasteiger partial charge on any atom is -0.610 e. The first-order valence-corrected chi connectivity index (χ1v) is 13.6. The van der Waals surface area contributed by atoms with Crippen LogP contribution in [0.5, 0.6) is 11.5 Å². The molecule has 3 aromatic carbocycles. The highest BCUT2D eigenvalue weighted by Gasteiger charge is 2.35. The molecule has 37 heavy (non-hydrogen) atoms. The Morgan fingerprint density at radius 2 is 1.24 bits per heavy atom. The maximum Gasteiger partial charge on any atom is 0.861 e. The van der Waals surface area contributed by atoms with Crippen molar-refractivity contribution in [2.24, 2.45) is 0 Å². The molecule has 0 aliphatic carbocycles. The highest BCUT2D eigenvalue weighted by atomic mass is 27.2. The maximum absolute atomic E-state index is 6.70. The van der Waals surface area contributed by atoms with Crippen molar-refractivity contribution < 1.29 is 13.1 Å². The van der Waals surface area contributed by atoms with Crippen molar-refractivity contribution in [3.8, 4) is 11.5 Å². The molecule has 0 saturated heterocycles. The van der Waals surface area contributed by atoms with E-state index in [9.17, 15) is 0 Å². The van der Waals surface area contributed by atoms with Gasteiger partial charge < -0.3 is 13.1 Å². The second-order valence-electron chi connectivity index (χ2n) is 8.45. The predicted molar refractivity (Wildman–Crippen MR) is 150 cm³/mol. The summed E-state index contributed by atoms with van der Waals surface area (Å²) in [4.78, 5) is 13.8. The van der Waals surface area contributed by atoms with Crippen LogP contribution in [-0.4, -0.2) is 35.2 Å². The monoisotopic (exact) mass is 501 g/mol. The number of benzene rings is 3. The van der Waals surface area contributed by atoms with Crippen molar-refractivity contribution in [2.45, 2.75) is 5.28 Å². The smallest absolute Gasteiger partial charge is 0.610 e. The first-order chi connectivity index (χ1) is 17.8. The SMILES string of the molecule is C=Cc1ccc([O][Al]([CH2]c2cccc3cccnc23)[O]c2cccc3cccnc23)c2ncccc12.O. The quantitative estimate of drug-likeness (QED) is 0.255. The van der Waals surface area contributed by atoms with Gasteiger partial charge in [0.15, 0.2) is 0 Å². The normalized spacial score (nSPS) is 10.7. The molecule has 3 heterocycles. The van der Waals surface area contributed by atoms with Gasteiger partial charge in [0.05, 0.1) is 5.52 Å². The molecule has 3 aromatic heterocycles. The summed E-state index contributed by atoms with van der Waals surface area (Å²) in [6.07, 6.45) is 7.22. The number of fused-ring (bicyclic) bond motifs is 3. The van der Waals surface area contributed by atoms with Crippen LogP contribution in [0.4, 0.5) is 0 Å². The zero-order chi connectivity index (χ0) is 24.3. The number of pyridine rings is 3. The molecule has 180 valence electrons. The number of rotatable bonds is 7. The van der Waals surface area contributed by atoms with E-state index in [0.717, 1.165) is 49.6 Å². The largest absolute Gasteiger partial charge is 0.861 e. The van der Waals surface area contributed by atoms with Crippen LogP contribution in [0.2, 0.25) is 0 Å². The molecule has 0 saturated carbocycles. The number of nitrogens with zero attached hydrogens (tertiary/aromatic N) is 3. The first kappa shape index (κ1) is 24.4. The maximum atomic E-state index is 6.70. The van der Waals surface area contributed by atoms with Crippen LogP contribution in [-0.2, 0) is 5.28 Å². The Bertz CT molecular complexity index is 1630. The molecule has 0 fully saturated rings. The molecule has 7 heteroatoms. The molecule has 6 rings (SSSR count). The van der Waals surface area contributed by atoms with Crippen LogP contribution in [0.1, 0.15) is 11.1 Å². The van der Waals surface area contributed by atoms with Crippen LogP contribution >= 0.6 is 0 Å². The second-order valence-corrected chi connectivity index (χ2v) is 10.2. The lowest BCUT2D eigenvalue weighted by molar-refractivity contribution is 0.425. The number of aromatic nitrogens is 3. The minimum atomic E-state index is -2.41. The molecule has 0 aliphatic heterocycles. The third kappa shape index (κ3) is 4.89. The molecule has 0 atom stereocenters. The van der Waals surface area contributed by atoms with Crippen molar-refractivity contribution in [3.05, 3.63) is 121 Å². The van der Waals surface area contributed by atoms with E-state index in [1.54, 1.807) is 12.4 Å². The Labute approximate surface area is 219 Å². The zero-order valence-electron chi connectivity index (χ0n) is 20.0. The van der Waals surface area contributed by atoms with E-state index < -0.39 is 14.8 Å². The minimum absolute atomic E-state index is 0. The summed E-state index contributed by atoms with van der Waals surface area (Å²) in [5.41, 5.74) is 4.69. The van der Waals surface area contributed by atoms with Gasteiger partial charge in [-0.1, -0.05) is 67.3 Å². The third-order valence-corrected chi connectivity index (χ3v) is 8.01. The Hall–Kier alpha value is -4.28. The third-order valence-electron chi connectivity index (χ3n) is 6.20. The van der Waals surface area contributed by atoms with Gasteiger partial charge in [-0.2, -0.15) is 0 Å². The summed E-state index contributed by atoms with van der Waals surface area (Å²) in [5.74, 6) is 1.42. The average molecular weight is 502 g/mol. The topological polar surface area (TPSA) is 88.6 Å². The van der Waals surface area contributed by atoms with Crippen LogP contribution in [0.25, 0.3) is 38.8 Å². The fraction of sp³-hybridized carbons (Fsp3) is 0.0333. The van der Waals surface area contributed by atoms with Gasteiger partial charge in [0.1, 0.15) is 22.5 Å². The van der Waals surface area contributed by atoms with Gasteiger partial charge in [-0.15, -0.1) is 0 Å². The van der Waals surface area contributed by atoms with Gasteiger partial charge in [-0.05, 0) is 41.5 Å². The first-order valence-electron chi connectivity index (χ1n) is 11.8. The van der Waals surface area contributed by atoms with Crippen molar-refractivity contribution in [1.82, 2.24) is 15.0 Å². The Balaban J connectivity index is 0.00000280. The summed E-state index contributed by atoms with van der Waals surface area (Å²) in [6.45, 7) is 3.94. The molecule has 0 amide bonds. The van der Waals surface area contributed by atoms with Gasteiger partial charge in [0, 0.05) is 40.0 Å². The van der Waals surface area contributed by atoms with E-state index in [1.165, 1.54) is 0 Å². The van der Waals surface area contributed by atoms with Gasteiger partial charge in [0.25, 0.3) is 0 Å². The molecule has 6 nitrogen and oxygen atoms in total. The molecule has 0 radical (unpaired) electrons.